The van der Waals surface area contributed by atoms with E-state index in [0.717, 1.165) is 21.6 Å². The highest BCUT2D eigenvalue weighted by Gasteiger charge is 2.43. The number of ether oxygens (including phenoxy) is 2. The Morgan fingerprint density at radius 2 is 1.71 bits per heavy atom. The van der Waals surface area contributed by atoms with Gasteiger partial charge in [0.05, 0.1) is 24.3 Å². The molecule has 1 aromatic heterocycles. The van der Waals surface area contributed by atoms with Crippen LogP contribution < -0.4 is 5.32 Å². The number of carbonyl (C=O) groups excluding carboxylic acids is 3. The first-order chi connectivity index (χ1) is 16.9. The molecule has 1 N–H and O–H groups in total. The van der Waals surface area contributed by atoms with E-state index in [4.69, 9.17) is 9.47 Å². The molecule has 1 atom stereocenters. The summed E-state index contributed by atoms with van der Waals surface area (Å²) >= 11 is 1.36. The van der Waals surface area contributed by atoms with Crippen LogP contribution in [0.5, 0.6) is 0 Å². The molecule has 5 rings (SSSR count). The summed E-state index contributed by atoms with van der Waals surface area (Å²) in [7, 11) is 0. The molecule has 2 aromatic carbocycles. The van der Waals surface area contributed by atoms with Crippen LogP contribution in [0.4, 0.5) is 5.00 Å². The molecule has 0 spiro atoms. The zero-order valence-corrected chi connectivity index (χ0v) is 20.4. The molecule has 1 fully saturated rings. The third-order valence-electron chi connectivity index (χ3n) is 6.49. The van der Waals surface area contributed by atoms with Crippen LogP contribution in [0, 0.1) is 6.92 Å². The summed E-state index contributed by atoms with van der Waals surface area (Å²) in [6.45, 7) is 5.47. The lowest BCUT2D eigenvalue weighted by molar-refractivity contribution is -0.134. The molecule has 8 heteroatoms. The smallest absolute Gasteiger partial charge is 0.339 e. The molecular weight excluding hydrogens is 464 g/mol. The van der Waals surface area contributed by atoms with Crippen molar-refractivity contribution in [3.05, 3.63) is 76.9 Å². The van der Waals surface area contributed by atoms with Crippen molar-refractivity contribution < 1.29 is 23.9 Å². The van der Waals surface area contributed by atoms with E-state index in [9.17, 15) is 14.4 Å². The Hall–Kier alpha value is -3.49. The summed E-state index contributed by atoms with van der Waals surface area (Å²) < 4.78 is 11.0. The number of rotatable bonds is 4. The second kappa shape index (κ2) is 9.28. The van der Waals surface area contributed by atoms with E-state index in [0.29, 0.717) is 42.4 Å². The van der Waals surface area contributed by atoms with Gasteiger partial charge in [0.15, 0.2) is 5.60 Å². The van der Waals surface area contributed by atoms with Crippen molar-refractivity contribution in [2.75, 3.05) is 31.6 Å². The fourth-order valence-electron chi connectivity index (χ4n) is 4.54. The molecule has 3 heterocycles. The molecule has 1 unspecified atom stereocenters. The Balaban J connectivity index is 1.50. The first-order valence-corrected chi connectivity index (χ1v) is 12.4. The van der Waals surface area contributed by atoms with Crippen LogP contribution in [0.1, 0.15) is 38.8 Å². The number of carbonyl (C=O) groups is 3. The standard InChI is InChI=1S/C27H26N2O5S/c1-17-21(24(30)29-12-14-33-15-13-29)23(35-22(17)18-8-4-3-5-9-18)28-26(32)27(2)16-19-10-6-7-11-20(19)25(31)34-27/h3-11H,12-16H2,1-2H3,(H,28,32). The Labute approximate surface area is 207 Å². The minimum absolute atomic E-state index is 0.143. The van der Waals surface area contributed by atoms with Gasteiger partial charge in [-0.25, -0.2) is 4.79 Å². The number of nitrogens with one attached hydrogen (secondary N) is 1. The van der Waals surface area contributed by atoms with Gasteiger partial charge in [0.25, 0.3) is 11.8 Å². The second-order valence-electron chi connectivity index (χ2n) is 8.94. The Bertz CT molecular complexity index is 1300. The Kier molecular flexibility index (Phi) is 6.17. The monoisotopic (exact) mass is 490 g/mol. The highest BCUT2D eigenvalue weighted by Crippen LogP contribution is 2.41. The summed E-state index contributed by atoms with van der Waals surface area (Å²) in [5.41, 5.74) is 2.09. The van der Waals surface area contributed by atoms with E-state index in [1.165, 1.54) is 11.3 Å². The molecule has 3 aromatic rings. The van der Waals surface area contributed by atoms with Gasteiger partial charge < -0.3 is 19.7 Å². The summed E-state index contributed by atoms with van der Waals surface area (Å²) in [4.78, 5) is 42.4. The van der Waals surface area contributed by atoms with Gasteiger partial charge in [0, 0.05) is 24.4 Å². The van der Waals surface area contributed by atoms with Gasteiger partial charge in [-0.05, 0) is 36.6 Å². The maximum atomic E-state index is 13.6. The average molecular weight is 491 g/mol. The van der Waals surface area contributed by atoms with Gasteiger partial charge in [-0.2, -0.15) is 0 Å². The first kappa shape index (κ1) is 23.3. The number of anilines is 1. The largest absolute Gasteiger partial charge is 0.445 e. The van der Waals surface area contributed by atoms with Crippen LogP contribution in [-0.4, -0.2) is 54.6 Å². The number of benzene rings is 2. The Morgan fingerprint density at radius 3 is 2.46 bits per heavy atom. The highest BCUT2D eigenvalue weighted by atomic mass is 32.1. The van der Waals surface area contributed by atoms with Gasteiger partial charge in [-0.15, -0.1) is 11.3 Å². The molecule has 0 radical (unpaired) electrons. The summed E-state index contributed by atoms with van der Waals surface area (Å²) in [5, 5.41) is 3.40. The molecule has 7 nitrogen and oxygen atoms in total. The van der Waals surface area contributed by atoms with Crippen LogP contribution >= 0.6 is 11.3 Å². The lowest BCUT2D eigenvalue weighted by atomic mass is 9.89. The van der Waals surface area contributed by atoms with Crippen molar-refractivity contribution in [3.63, 3.8) is 0 Å². The van der Waals surface area contributed by atoms with Crippen molar-refractivity contribution in [1.82, 2.24) is 4.90 Å². The van der Waals surface area contributed by atoms with E-state index in [1.807, 2.05) is 49.4 Å². The number of hydrogen-bond donors (Lipinski definition) is 1. The molecule has 2 aliphatic heterocycles. The molecule has 35 heavy (non-hydrogen) atoms. The zero-order chi connectivity index (χ0) is 24.6. The number of morpholine rings is 1. The van der Waals surface area contributed by atoms with Crippen molar-refractivity contribution in [3.8, 4) is 10.4 Å². The zero-order valence-electron chi connectivity index (χ0n) is 19.6. The maximum absolute atomic E-state index is 13.6. The molecule has 0 bridgehead atoms. The number of fused-ring (bicyclic) bond motifs is 1. The molecule has 0 saturated carbocycles. The van der Waals surface area contributed by atoms with E-state index in [-0.39, 0.29) is 12.3 Å². The predicted octanol–water partition coefficient (Wildman–Crippen LogP) is 4.31. The molecule has 2 amide bonds. The van der Waals surface area contributed by atoms with Crippen LogP contribution in [-0.2, 0) is 20.7 Å². The lowest BCUT2D eigenvalue weighted by Crippen LogP contribution is -2.49. The van der Waals surface area contributed by atoms with Crippen LogP contribution in [0.2, 0.25) is 0 Å². The van der Waals surface area contributed by atoms with Crippen LogP contribution in [0.15, 0.2) is 54.6 Å². The fourth-order valence-corrected chi connectivity index (χ4v) is 5.74. The molecular formula is C27H26N2O5S. The fraction of sp³-hybridized carbons (Fsp3) is 0.296. The molecule has 2 aliphatic rings. The van der Waals surface area contributed by atoms with Gasteiger partial charge in [-0.1, -0.05) is 48.5 Å². The minimum Gasteiger partial charge on any atom is -0.445 e. The van der Waals surface area contributed by atoms with Gasteiger partial charge in [-0.3, -0.25) is 9.59 Å². The summed E-state index contributed by atoms with van der Waals surface area (Å²) in [6.07, 6.45) is 0.253. The first-order valence-electron chi connectivity index (χ1n) is 11.6. The van der Waals surface area contributed by atoms with Gasteiger partial charge in [0.2, 0.25) is 0 Å². The predicted molar refractivity (Wildman–Crippen MR) is 134 cm³/mol. The normalized spacial score (nSPS) is 19.6. The second-order valence-corrected chi connectivity index (χ2v) is 9.96. The van der Waals surface area contributed by atoms with Gasteiger partial charge in [0.1, 0.15) is 5.00 Å². The SMILES string of the molecule is Cc1c(-c2ccccc2)sc(NC(=O)C2(C)Cc3ccccc3C(=O)O2)c1C(=O)N1CCOCC1. The third-order valence-corrected chi connectivity index (χ3v) is 7.74. The number of cyclic esters (lactones) is 1. The quantitative estimate of drug-likeness (QED) is 0.551. The molecule has 1 saturated heterocycles. The number of thiophene rings is 1. The van der Waals surface area contributed by atoms with Gasteiger partial charge >= 0.3 is 5.97 Å². The van der Waals surface area contributed by atoms with Crippen molar-refractivity contribution in [1.29, 1.82) is 0 Å². The topological polar surface area (TPSA) is 84.9 Å². The highest BCUT2D eigenvalue weighted by molar-refractivity contribution is 7.20. The molecule has 180 valence electrons. The number of amides is 2. The van der Waals surface area contributed by atoms with E-state index < -0.39 is 17.5 Å². The summed E-state index contributed by atoms with van der Waals surface area (Å²) in [6, 6.07) is 16.9. The van der Waals surface area contributed by atoms with Crippen LogP contribution in [0.3, 0.4) is 0 Å². The maximum Gasteiger partial charge on any atom is 0.339 e. The number of esters is 1. The lowest BCUT2D eigenvalue weighted by Gasteiger charge is -2.33. The van der Waals surface area contributed by atoms with Crippen molar-refractivity contribution in [2.45, 2.75) is 25.9 Å². The van der Waals surface area contributed by atoms with E-state index in [2.05, 4.69) is 5.32 Å². The number of nitrogens with zero attached hydrogens (tertiary/aromatic N) is 1. The van der Waals surface area contributed by atoms with E-state index in [1.54, 1.807) is 24.0 Å². The van der Waals surface area contributed by atoms with Crippen molar-refractivity contribution >= 4 is 34.1 Å². The summed E-state index contributed by atoms with van der Waals surface area (Å²) in [5.74, 6) is -1.13. The van der Waals surface area contributed by atoms with Crippen molar-refractivity contribution in [2.24, 2.45) is 0 Å². The number of hydrogen-bond acceptors (Lipinski definition) is 6. The van der Waals surface area contributed by atoms with Crippen LogP contribution in [0.25, 0.3) is 10.4 Å². The van der Waals surface area contributed by atoms with E-state index >= 15 is 0 Å². The molecule has 0 aliphatic carbocycles. The average Bonchev–Trinajstić information content (AvgIpc) is 3.20. The third kappa shape index (κ3) is 4.35. The Morgan fingerprint density at radius 1 is 1.03 bits per heavy atom. The minimum atomic E-state index is -1.39.